The highest BCUT2D eigenvalue weighted by Crippen LogP contribution is 2.12. The standard InChI is InChI=1S/C16H26N4O2.ClH/c1-3-5-9-14(20-16(17)22)15(21)19-13-8-6-7-12(10-13)11-18-4-2;/h6-8,10,14,18H,3-5,9,11H2,1-2H3,(H,19,21)(H3,17,20,22);1H. The molecular weight excluding hydrogens is 316 g/mol. The number of hydrogen-bond donors (Lipinski definition) is 4. The molecule has 0 aliphatic carbocycles. The number of nitrogens with one attached hydrogen (secondary N) is 3. The van der Waals surface area contributed by atoms with Gasteiger partial charge in [0, 0.05) is 12.2 Å². The minimum atomic E-state index is -0.683. The van der Waals surface area contributed by atoms with Crippen LogP contribution in [-0.4, -0.2) is 24.5 Å². The summed E-state index contributed by atoms with van der Waals surface area (Å²) in [5, 5.41) is 8.57. The van der Waals surface area contributed by atoms with Gasteiger partial charge in [0.15, 0.2) is 0 Å². The predicted octanol–water partition coefficient (Wildman–Crippen LogP) is 2.38. The number of rotatable bonds is 9. The van der Waals surface area contributed by atoms with Gasteiger partial charge < -0.3 is 21.7 Å². The summed E-state index contributed by atoms with van der Waals surface area (Å²) < 4.78 is 0. The summed E-state index contributed by atoms with van der Waals surface area (Å²) in [6.07, 6.45) is 2.36. The van der Waals surface area contributed by atoms with E-state index in [9.17, 15) is 9.59 Å². The van der Waals surface area contributed by atoms with Gasteiger partial charge in [-0.15, -0.1) is 12.4 Å². The van der Waals surface area contributed by atoms with Crippen LogP contribution in [0.25, 0.3) is 0 Å². The molecule has 1 aromatic rings. The zero-order valence-electron chi connectivity index (χ0n) is 13.7. The molecule has 0 aromatic heterocycles. The predicted molar refractivity (Wildman–Crippen MR) is 95.7 cm³/mol. The van der Waals surface area contributed by atoms with Crippen molar-refractivity contribution in [3.05, 3.63) is 29.8 Å². The lowest BCUT2D eigenvalue weighted by atomic mass is 10.1. The monoisotopic (exact) mass is 342 g/mol. The zero-order valence-corrected chi connectivity index (χ0v) is 14.5. The van der Waals surface area contributed by atoms with Gasteiger partial charge >= 0.3 is 6.03 Å². The number of urea groups is 1. The van der Waals surface area contributed by atoms with Crippen LogP contribution in [0.2, 0.25) is 0 Å². The molecule has 5 N–H and O–H groups in total. The second kappa shape index (κ2) is 11.7. The highest BCUT2D eigenvalue weighted by molar-refractivity contribution is 5.96. The first-order chi connectivity index (χ1) is 10.6. The topological polar surface area (TPSA) is 96.2 Å². The maximum absolute atomic E-state index is 12.3. The van der Waals surface area contributed by atoms with Crippen molar-refractivity contribution in [2.75, 3.05) is 11.9 Å². The van der Waals surface area contributed by atoms with Crippen molar-refractivity contribution in [1.29, 1.82) is 0 Å². The van der Waals surface area contributed by atoms with E-state index in [-0.39, 0.29) is 18.3 Å². The molecule has 1 atom stereocenters. The Morgan fingerprint density at radius 2 is 2.00 bits per heavy atom. The van der Waals surface area contributed by atoms with Crippen molar-refractivity contribution in [1.82, 2.24) is 10.6 Å². The van der Waals surface area contributed by atoms with E-state index in [1.54, 1.807) is 0 Å². The molecule has 0 aliphatic rings. The number of unbranched alkanes of at least 4 members (excludes halogenated alkanes) is 1. The van der Waals surface area contributed by atoms with Crippen molar-refractivity contribution in [3.8, 4) is 0 Å². The Morgan fingerprint density at radius 1 is 1.26 bits per heavy atom. The van der Waals surface area contributed by atoms with Gasteiger partial charge in [-0.3, -0.25) is 4.79 Å². The summed E-state index contributed by atoms with van der Waals surface area (Å²) in [6.45, 7) is 5.71. The number of amides is 3. The minimum absolute atomic E-state index is 0. The van der Waals surface area contributed by atoms with Crippen LogP contribution in [-0.2, 0) is 11.3 Å². The van der Waals surface area contributed by atoms with E-state index in [4.69, 9.17) is 5.73 Å². The average Bonchev–Trinajstić information content (AvgIpc) is 2.49. The number of carbonyl (C=O) groups is 2. The maximum Gasteiger partial charge on any atom is 0.312 e. The van der Waals surface area contributed by atoms with E-state index in [1.165, 1.54) is 0 Å². The van der Waals surface area contributed by atoms with Crippen LogP contribution in [0.15, 0.2) is 24.3 Å². The van der Waals surface area contributed by atoms with Gasteiger partial charge in [-0.1, -0.05) is 38.8 Å². The third kappa shape index (κ3) is 8.42. The Hall–Kier alpha value is -1.79. The summed E-state index contributed by atoms with van der Waals surface area (Å²) in [7, 11) is 0. The molecule has 0 spiro atoms. The fourth-order valence-corrected chi connectivity index (χ4v) is 2.11. The van der Waals surface area contributed by atoms with Crippen LogP contribution >= 0.6 is 12.4 Å². The van der Waals surface area contributed by atoms with E-state index in [0.717, 1.165) is 31.5 Å². The van der Waals surface area contributed by atoms with Gasteiger partial charge in [0.2, 0.25) is 5.91 Å². The summed E-state index contributed by atoms with van der Waals surface area (Å²) in [5.74, 6) is -0.243. The molecule has 23 heavy (non-hydrogen) atoms. The van der Waals surface area contributed by atoms with Crippen molar-refractivity contribution in [3.63, 3.8) is 0 Å². The molecule has 0 fully saturated rings. The molecule has 0 radical (unpaired) electrons. The normalized spacial score (nSPS) is 11.2. The van der Waals surface area contributed by atoms with Crippen LogP contribution in [0.3, 0.4) is 0 Å². The number of primary amides is 1. The Morgan fingerprint density at radius 3 is 2.61 bits per heavy atom. The van der Waals surface area contributed by atoms with Crippen molar-refractivity contribution in [2.24, 2.45) is 5.73 Å². The van der Waals surface area contributed by atoms with Gasteiger partial charge in [-0.2, -0.15) is 0 Å². The lowest BCUT2D eigenvalue weighted by molar-refractivity contribution is -0.118. The molecule has 3 amide bonds. The van der Waals surface area contributed by atoms with E-state index in [0.29, 0.717) is 12.1 Å². The first kappa shape index (κ1) is 21.2. The van der Waals surface area contributed by atoms with Gasteiger partial charge in [-0.05, 0) is 30.7 Å². The van der Waals surface area contributed by atoms with Gasteiger partial charge in [0.1, 0.15) is 6.04 Å². The molecule has 0 aliphatic heterocycles. The number of carbonyl (C=O) groups excluding carboxylic acids is 2. The van der Waals surface area contributed by atoms with Crippen molar-refractivity contribution >= 4 is 30.0 Å². The van der Waals surface area contributed by atoms with Crippen LogP contribution in [0.5, 0.6) is 0 Å². The molecule has 0 saturated heterocycles. The van der Waals surface area contributed by atoms with Crippen LogP contribution < -0.4 is 21.7 Å². The number of nitrogens with two attached hydrogens (primary N) is 1. The summed E-state index contributed by atoms with van der Waals surface area (Å²) >= 11 is 0. The second-order valence-corrected chi connectivity index (χ2v) is 5.17. The SMILES string of the molecule is CCCCC(NC(N)=O)C(=O)Nc1cccc(CNCC)c1.Cl. The van der Waals surface area contributed by atoms with E-state index >= 15 is 0 Å². The smallest absolute Gasteiger partial charge is 0.312 e. The van der Waals surface area contributed by atoms with E-state index in [2.05, 4.69) is 16.0 Å². The largest absolute Gasteiger partial charge is 0.352 e. The Bertz CT molecular complexity index is 497. The molecule has 7 heteroatoms. The molecule has 6 nitrogen and oxygen atoms in total. The lowest BCUT2D eigenvalue weighted by Gasteiger charge is -2.17. The molecule has 0 heterocycles. The molecule has 0 bridgehead atoms. The molecule has 0 saturated carbocycles. The quantitative estimate of drug-likeness (QED) is 0.554. The number of halogens is 1. The highest BCUT2D eigenvalue weighted by Gasteiger charge is 2.19. The summed E-state index contributed by atoms with van der Waals surface area (Å²) in [5.41, 5.74) is 6.94. The third-order valence-electron chi connectivity index (χ3n) is 3.25. The maximum atomic E-state index is 12.3. The van der Waals surface area contributed by atoms with E-state index in [1.807, 2.05) is 38.1 Å². The Labute approximate surface area is 144 Å². The minimum Gasteiger partial charge on any atom is -0.352 e. The first-order valence-corrected chi connectivity index (χ1v) is 7.73. The highest BCUT2D eigenvalue weighted by atomic mass is 35.5. The second-order valence-electron chi connectivity index (χ2n) is 5.17. The van der Waals surface area contributed by atoms with Crippen molar-refractivity contribution in [2.45, 2.75) is 45.7 Å². The molecular formula is C16H27ClN4O2. The van der Waals surface area contributed by atoms with E-state index < -0.39 is 12.1 Å². The molecule has 1 unspecified atom stereocenters. The van der Waals surface area contributed by atoms with Gasteiger partial charge in [0.25, 0.3) is 0 Å². The zero-order chi connectivity index (χ0) is 16.4. The van der Waals surface area contributed by atoms with Gasteiger partial charge in [0.05, 0.1) is 0 Å². The Kier molecular flexibility index (Phi) is 10.8. The number of hydrogen-bond acceptors (Lipinski definition) is 3. The van der Waals surface area contributed by atoms with Crippen LogP contribution in [0.4, 0.5) is 10.5 Å². The lowest BCUT2D eigenvalue weighted by Crippen LogP contribution is -2.46. The number of anilines is 1. The summed E-state index contributed by atoms with van der Waals surface area (Å²) in [4.78, 5) is 23.3. The van der Waals surface area contributed by atoms with Crippen molar-refractivity contribution < 1.29 is 9.59 Å². The Balaban J connectivity index is 0.00000484. The molecule has 1 rings (SSSR count). The molecule has 1 aromatic carbocycles. The summed E-state index contributed by atoms with van der Waals surface area (Å²) in [6, 6.07) is 6.35. The molecule has 130 valence electrons. The fraction of sp³-hybridized carbons (Fsp3) is 0.500. The first-order valence-electron chi connectivity index (χ1n) is 7.73. The number of benzene rings is 1. The fourth-order valence-electron chi connectivity index (χ4n) is 2.11. The van der Waals surface area contributed by atoms with Crippen LogP contribution in [0, 0.1) is 0 Å². The van der Waals surface area contributed by atoms with Gasteiger partial charge in [-0.25, -0.2) is 4.79 Å². The average molecular weight is 343 g/mol. The van der Waals surface area contributed by atoms with Crippen LogP contribution in [0.1, 0.15) is 38.7 Å². The third-order valence-corrected chi connectivity index (χ3v) is 3.25.